The zero-order valence-electron chi connectivity index (χ0n) is 23.4. The van der Waals surface area contributed by atoms with Crippen LogP contribution in [-0.4, -0.2) is 36.6 Å². The summed E-state index contributed by atoms with van der Waals surface area (Å²) in [5.41, 5.74) is 2.06. The maximum absolute atomic E-state index is 14.1. The highest BCUT2D eigenvalue weighted by Gasteiger charge is 2.54. The molecule has 7 nitrogen and oxygen atoms in total. The van der Waals surface area contributed by atoms with E-state index in [0.29, 0.717) is 40.7 Å². The van der Waals surface area contributed by atoms with Crippen molar-refractivity contribution < 1.29 is 14.3 Å². The highest BCUT2D eigenvalue weighted by molar-refractivity contribution is 6.00. The van der Waals surface area contributed by atoms with Gasteiger partial charge in [0.25, 0.3) is 0 Å². The molecule has 39 heavy (non-hydrogen) atoms. The van der Waals surface area contributed by atoms with Gasteiger partial charge in [-0.15, -0.1) is 0 Å². The van der Waals surface area contributed by atoms with Gasteiger partial charge in [0.2, 0.25) is 5.91 Å². The topological polar surface area (TPSA) is 85.4 Å². The fraction of sp³-hybridized carbons (Fsp3) is 0.531. The van der Waals surface area contributed by atoms with Gasteiger partial charge in [-0.05, 0) is 98.6 Å². The predicted octanol–water partition coefficient (Wildman–Crippen LogP) is 7.07. The Labute approximate surface area is 231 Å². The first-order valence-corrected chi connectivity index (χ1v) is 14.6. The number of pyridine rings is 2. The van der Waals surface area contributed by atoms with Crippen LogP contribution < -0.4 is 20.1 Å². The van der Waals surface area contributed by atoms with Crippen molar-refractivity contribution in [2.45, 2.75) is 64.7 Å². The van der Waals surface area contributed by atoms with Gasteiger partial charge in [0, 0.05) is 23.6 Å². The molecule has 4 saturated carbocycles. The molecule has 7 heteroatoms. The number of carbonyl (C=O) groups is 1. The van der Waals surface area contributed by atoms with E-state index >= 15 is 0 Å². The van der Waals surface area contributed by atoms with Crippen LogP contribution in [0.2, 0.25) is 0 Å². The number of methoxy groups -OCH3 is 2. The Morgan fingerprint density at radius 3 is 2.21 bits per heavy atom. The largest absolute Gasteiger partial charge is 0.497 e. The summed E-state index contributed by atoms with van der Waals surface area (Å²) >= 11 is 0. The maximum atomic E-state index is 14.1. The Morgan fingerprint density at radius 2 is 1.59 bits per heavy atom. The van der Waals surface area contributed by atoms with Crippen molar-refractivity contribution >= 4 is 28.6 Å². The third-order valence-electron chi connectivity index (χ3n) is 9.18. The number of anilines is 2. The number of nitrogens with one attached hydrogen (secondary N) is 2. The average molecular weight is 529 g/mol. The molecule has 0 atom stereocenters. The molecule has 2 heterocycles. The van der Waals surface area contributed by atoms with Crippen LogP contribution in [-0.2, 0) is 4.79 Å². The number of fused-ring (bicyclic) bond motifs is 1. The quantitative estimate of drug-likeness (QED) is 0.274. The molecule has 0 aliphatic heterocycles. The second-order valence-electron chi connectivity index (χ2n) is 12.0. The van der Waals surface area contributed by atoms with Gasteiger partial charge in [0.15, 0.2) is 5.65 Å². The first-order valence-electron chi connectivity index (χ1n) is 14.6. The number of hydrogen-bond donors (Lipinski definition) is 2. The number of amides is 1. The van der Waals surface area contributed by atoms with Gasteiger partial charge < -0.3 is 20.1 Å². The Kier molecular flexibility index (Phi) is 7.08. The molecule has 0 unspecified atom stereocenters. The van der Waals surface area contributed by atoms with Crippen LogP contribution in [0.5, 0.6) is 11.5 Å². The lowest BCUT2D eigenvalue weighted by Crippen LogP contribution is -2.51. The fourth-order valence-corrected chi connectivity index (χ4v) is 7.65. The van der Waals surface area contributed by atoms with Crippen molar-refractivity contribution in [2.75, 3.05) is 31.4 Å². The summed E-state index contributed by atoms with van der Waals surface area (Å²) < 4.78 is 11.1. The van der Waals surface area contributed by atoms with Gasteiger partial charge in [-0.2, -0.15) is 0 Å². The summed E-state index contributed by atoms with van der Waals surface area (Å²) in [5.74, 6) is 4.93. The van der Waals surface area contributed by atoms with E-state index in [1.54, 1.807) is 14.2 Å². The standard InChI is InChI=1S/C32H40N4O3/c1-4-5-6-9-33-28-8-7-23-15-27(24-13-25(38-2)16-26(14-24)39-3)30(35-29(23)34-28)36-31(37)32-17-20-10-21(18-32)12-22(11-20)19-32/h7-8,13-16,20-22H,4-6,9-12,17-19H2,1-3H3,(H2,33,34,35,36,37). The Bertz CT molecular complexity index is 1310. The lowest BCUT2D eigenvalue weighted by atomic mass is 9.49. The molecule has 206 valence electrons. The van der Waals surface area contributed by atoms with Gasteiger partial charge >= 0.3 is 0 Å². The SMILES string of the molecule is CCCCCNc1ccc2cc(-c3cc(OC)cc(OC)c3)c(NC(=O)C34CC5CC(CC(C5)C3)C4)nc2n1. The monoisotopic (exact) mass is 528 g/mol. The summed E-state index contributed by atoms with van der Waals surface area (Å²) in [6.45, 7) is 3.08. The molecule has 4 aliphatic rings. The minimum Gasteiger partial charge on any atom is -0.497 e. The lowest BCUT2D eigenvalue weighted by Gasteiger charge is -2.55. The minimum atomic E-state index is -0.273. The summed E-state index contributed by atoms with van der Waals surface area (Å²) in [5, 5.41) is 7.66. The van der Waals surface area contributed by atoms with Crippen molar-refractivity contribution in [1.82, 2.24) is 9.97 Å². The van der Waals surface area contributed by atoms with E-state index in [0.717, 1.165) is 54.6 Å². The highest BCUT2D eigenvalue weighted by atomic mass is 16.5. The van der Waals surface area contributed by atoms with Gasteiger partial charge in [-0.1, -0.05) is 19.8 Å². The number of ether oxygens (including phenoxy) is 2. The van der Waals surface area contributed by atoms with Crippen LogP contribution >= 0.6 is 0 Å². The van der Waals surface area contributed by atoms with E-state index in [2.05, 4.69) is 23.6 Å². The lowest BCUT2D eigenvalue weighted by molar-refractivity contribution is -0.140. The zero-order valence-corrected chi connectivity index (χ0v) is 23.4. The van der Waals surface area contributed by atoms with Gasteiger partial charge in [-0.3, -0.25) is 4.79 Å². The Balaban J connectivity index is 1.38. The van der Waals surface area contributed by atoms with Crippen LogP contribution in [0.1, 0.15) is 64.7 Å². The summed E-state index contributed by atoms with van der Waals surface area (Å²) in [6.07, 6.45) is 10.4. The molecule has 0 spiro atoms. The Hall–Kier alpha value is -3.35. The first kappa shape index (κ1) is 25.9. The Morgan fingerprint density at radius 1 is 0.923 bits per heavy atom. The normalized spacial score (nSPS) is 25.1. The minimum absolute atomic E-state index is 0.124. The summed E-state index contributed by atoms with van der Waals surface area (Å²) in [4.78, 5) is 23.9. The molecule has 0 saturated heterocycles. The molecule has 2 N–H and O–H groups in total. The van der Waals surface area contributed by atoms with Gasteiger partial charge in [0.1, 0.15) is 23.1 Å². The number of aromatic nitrogens is 2. The average Bonchev–Trinajstić information content (AvgIpc) is 2.94. The molecule has 4 aliphatic carbocycles. The van der Waals surface area contributed by atoms with E-state index in [4.69, 9.17) is 19.4 Å². The molecule has 3 aromatic rings. The number of hydrogen-bond acceptors (Lipinski definition) is 6. The first-order chi connectivity index (χ1) is 19.0. The molecular weight excluding hydrogens is 488 g/mol. The third kappa shape index (κ3) is 5.15. The maximum Gasteiger partial charge on any atom is 0.231 e. The second-order valence-corrected chi connectivity index (χ2v) is 12.0. The number of unbranched alkanes of at least 4 members (excludes halogenated alkanes) is 2. The van der Waals surface area contributed by atoms with Crippen molar-refractivity contribution in [3.63, 3.8) is 0 Å². The molecule has 1 amide bonds. The zero-order chi connectivity index (χ0) is 27.0. The summed E-state index contributed by atoms with van der Waals surface area (Å²) in [6, 6.07) is 11.9. The van der Waals surface area contributed by atoms with Crippen LogP contribution in [0.4, 0.5) is 11.6 Å². The fourth-order valence-electron chi connectivity index (χ4n) is 7.65. The predicted molar refractivity (Wildman–Crippen MR) is 155 cm³/mol. The molecule has 4 bridgehead atoms. The molecule has 2 aromatic heterocycles. The number of benzene rings is 1. The van der Waals surface area contributed by atoms with Crippen molar-refractivity contribution in [2.24, 2.45) is 23.2 Å². The molecule has 0 radical (unpaired) electrons. The molecule has 7 rings (SSSR count). The third-order valence-corrected chi connectivity index (χ3v) is 9.18. The van der Waals surface area contributed by atoms with Crippen molar-refractivity contribution in [3.05, 3.63) is 36.4 Å². The van der Waals surface area contributed by atoms with E-state index < -0.39 is 0 Å². The highest BCUT2D eigenvalue weighted by Crippen LogP contribution is 2.60. The van der Waals surface area contributed by atoms with Crippen molar-refractivity contribution in [1.29, 1.82) is 0 Å². The van der Waals surface area contributed by atoms with E-state index in [1.807, 2.05) is 30.3 Å². The number of rotatable bonds is 10. The van der Waals surface area contributed by atoms with Gasteiger partial charge in [0.05, 0.1) is 19.6 Å². The van der Waals surface area contributed by atoms with Crippen LogP contribution in [0.15, 0.2) is 36.4 Å². The van der Waals surface area contributed by atoms with E-state index in [-0.39, 0.29) is 11.3 Å². The second kappa shape index (κ2) is 10.7. The van der Waals surface area contributed by atoms with Crippen LogP contribution in [0.25, 0.3) is 22.2 Å². The smallest absolute Gasteiger partial charge is 0.231 e. The van der Waals surface area contributed by atoms with Gasteiger partial charge in [-0.25, -0.2) is 9.97 Å². The molecule has 1 aromatic carbocycles. The summed E-state index contributed by atoms with van der Waals surface area (Å²) in [7, 11) is 3.29. The van der Waals surface area contributed by atoms with E-state index in [1.165, 1.54) is 32.1 Å². The van der Waals surface area contributed by atoms with Crippen LogP contribution in [0.3, 0.4) is 0 Å². The number of nitrogens with zero attached hydrogens (tertiary/aromatic N) is 2. The molecular formula is C32H40N4O3. The van der Waals surface area contributed by atoms with Crippen molar-refractivity contribution in [3.8, 4) is 22.6 Å². The number of carbonyl (C=O) groups excluding carboxylic acids is 1. The van der Waals surface area contributed by atoms with E-state index in [9.17, 15) is 4.79 Å². The molecule has 4 fully saturated rings. The van der Waals surface area contributed by atoms with Crippen LogP contribution in [0, 0.1) is 23.2 Å².